The zero-order chi connectivity index (χ0) is 14.4. The van der Waals surface area contributed by atoms with Gasteiger partial charge in [0, 0.05) is 6.08 Å². The van der Waals surface area contributed by atoms with Crippen LogP contribution in [0.4, 0.5) is 5.95 Å². The summed E-state index contributed by atoms with van der Waals surface area (Å²) in [5, 5.41) is 9.92. The predicted molar refractivity (Wildman–Crippen MR) is 81.6 cm³/mol. The standard InChI is InChI=1S/C14H16N4OS/c1-3-20-14-16-13(17-18-14)15-12(19)9-8-11-6-4-10(2)5-7-11/h4-9H,3H2,1-2H3,(H2,15,16,17,18,19)/b9-8+. The van der Waals surface area contributed by atoms with E-state index in [0.29, 0.717) is 11.1 Å². The number of carbonyl (C=O) groups excluding carboxylic acids is 1. The minimum absolute atomic E-state index is 0.241. The Morgan fingerprint density at radius 1 is 1.40 bits per heavy atom. The Morgan fingerprint density at radius 2 is 2.15 bits per heavy atom. The number of thioether (sulfide) groups is 1. The fraction of sp³-hybridized carbons (Fsp3) is 0.214. The molecule has 0 spiro atoms. The molecular formula is C14H16N4OS. The van der Waals surface area contributed by atoms with Crippen LogP contribution in [-0.2, 0) is 4.79 Å². The maximum Gasteiger partial charge on any atom is 0.250 e. The number of anilines is 1. The highest BCUT2D eigenvalue weighted by Crippen LogP contribution is 2.12. The molecule has 1 heterocycles. The Morgan fingerprint density at radius 3 is 2.85 bits per heavy atom. The van der Waals surface area contributed by atoms with Gasteiger partial charge in [0.1, 0.15) is 0 Å². The van der Waals surface area contributed by atoms with E-state index in [4.69, 9.17) is 0 Å². The molecule has 0 aliphatic rings. The molecule has 2 rings (SSSR count). The molecular weight excluding hydrogens is 272 g/mol. The summed E-state index contributed by atoms with van der Waals surface area (Å²) in [5.74, 6) is 1.01. The van der Waals surface area contributed by atoms with Crippen molar-refractivity contribution in [3.63, 3.8) is 0 Å². The van der Waals surface area contributed by atoms with Crippen LogP contribution in [0.2, 0.25) is 0 Å². The summed E-state index contributed by atoms with van der Waals surface area (Å²) in [7, 11) is 0. The fourth-order valence-corrected chi connectivity index (χ4v) is 2.03. The molecule has 0 unspecified atom stereocenters. The van der Waals surface area contributed by atoms with E-state index in [9.17, 15) is 4.79 Å². The monoisotopic (exact) mass is 288 g/mol. The number of benzene rings is 1. The summed E-state index contributed by atoms with van der Waals surface area (Å²) in [5.41, 5.74) is 2.17. The van der Waals surface area contributed by atoms with E-state index in [-0.39, 0.29) is 5.91 Å². The fourth-order valence-electron chi connectivity index (χ4n) is 1.50. The van der Waals surface area contributed by atoms with E-state index in [0.717, 1.165) is 11.3 Å². The van der Waals surface area contributed by atoms with E-state index < -0.39 is 0 Å². The van der Waals surface area contributed by atoms with E-state index in [1.165, 1.54) is 23.4 Å². The Bertz CT molecular complexity index is 604. The van der Waals surface area contributed by atoms with E-state index in [1.807, 2.05) is 38.1 Å². The Balaban J connectivity index is 1.92. The lowest BCUT2D eigenvalue weighted by molar-refractivity contribution is -0.111. The van der Waals surface area contributed by atoms with Gasteiger partial charge >= 0.3 is 0 Å². The molecule has 20 heavy (non-hydrogen) atoms. The quantitative estimate of drug-likeness (QED) is 0.655. The lowest BCUT2D eigenvalue weighted by Crippen LogP contribution is -2.09. The van der Waals surface area contributed by atoms with Gasteiger partial charge in [0.2, 0.25) is 11.1 Å². The normalized spacial score (nSPS) is 10.9. The van der Waals surface area contributed by atoms with Crippen molar-refractivity contribution in [3.8, 4) is 0 Å². The van der Waals surface area contributed by atoms with Crippen molar-refractivity contribution in [2.75, 3.05) is 11.1 Å². The molecule has 0 atom stereocenters. The van der Waals surface area contributed by atoms with Gasteiger partial charge in [-0.05, 0) is 24.3 Å². The van der Waals surface area contributed by atoms with Gasteiger partial charge in [-0.25, -0.2) is 5.10 Å². The third kappa shape index (κ3) is 4.24. The minimum atomic E-state index is -0.241. The molecule has 1 aromatic carbocycles. The highest BCUT2D eigenvalue weighted by molar-refractivity contribution is 7.99. The first kappa shape index (κ1) is 14.3. The predicted octanol–water partition coefficient (Wildman–Crippen LogP) is 2.88. The Kier molecular flexibility index (Phi) is 4.95. The summed E-state index contributed by atoms with van der Waals surface area (Å²) >= 11 is 1.51. The average Bonchev–Trinajstić information content (AvgIpc) is 2.86. The number of hydrogen-bond donors (Lipinski definition) is 2. The molecule has 1 aromatic heterocycles. The third-order valence-corrected chi connectivity index (χ3v) is 3.21. The summed E-state index contributed by atoms with van der Waals surface area (Å²) in [6.45, 7) is 4.04. The van der Waals surface area contributed by atoms with E-state index >= 15 is 0 Å². The van der Waals surface area contributed by atoms with Gasteiger partial charge in [0.25, 0.3) is 5.91 Å². The van der Waals surface area contributed by atoms with Crippen LogP contribution in [0, 0.1) is 6.92 Å². The maximum absolute atomic E-state index is 11.7. The van der Waals surface area contributed by atoms with E-state index in [1.54, 1.807) is 6.08 Å². The number of hydrogen-bond acceptors (Lipinski definition) is 4. The van der Waals surface area contributed by atoms with Gasteiger partial charge in [-0.15, -0.1) is 5.10 Å². The number of aromatic amines is 1. The minimum Gasteiger partial charge on any atom is -0.291 e. The van der Waals surface area contributed by atoms with E-state index in [2.05, 4.69) is 20.5 Å². The maximum atomic E-state index is 11.7. The Hall–Kier alpha value is -2.08. The molecule has 2 N–H and O–H groups in total. The molecule has 6 heteroatoms. The lowest BCUT2D eigenvalue weighted by atomic mass is 10.1. The molecule has 0 saturated carbocycles. The van der Waals surface area contributed by atoms with Crippen LogP contribution >= 0.6 is 11.8 Å². The van der Waals surface area contributed by atoms with Gasteiger partial charge in [0.15, 0.2) is 0 Å². The van der Waals surface area contributed by atoms with Crippen LogP contribution in [0.3, 0.4) is 0 Å². The Labute approximate surface area is 121 Å². The second-order valence-electron chi connectivity index (χ2n) is 4.13. The van der Waals surface area contributed by atoms with Gasteiger partial charge in [0.05, 0.1) is 0 Å². The first-order chi connectivity index (χ1) is 9.67. The number of rotatable bonds is 5. The van der Waals surface area contributed by atoms with Crippen molar-refractivity contribution in [1.82, 2.24) is 15.2 Å². The SMILES string of the molecule is CCSc1n[nH]c(NC(=O)/C=C/c2ccc(C)cc2)n1. The lowest BCUT2D eigenvalue weighted by Gasteiger charge is -1.96. The molecule has 0 bridgehead atoms. The van der Waals surface area contributed by atoms with Gasteiger partial charge in [-0.2, -0.15) is 4.98 Å². The van der Waals surface area contributed by atoms with Crippen molar-refractivity contribution in [3.05, 3.63) is 41.5 Å². The zero-order valence-electron chi connectivity index (χ0n) is 11.4. The van der Waals surface area contributed by atoms with Crippen LogP contribution in [0.25, 0.3) is 6.08 Å². The van der Waals surface area contributed by atoms with Crippen molar-refractivity contribution in [1.29, 1.82) is 0 Å². The molecule has 2 aromatic rings. The average molecular weight is 288 g/mol. The number of nitrogens with zero attached hydrogens (tertiary/aromatic N) is 2. The molecule has 0 fully saturated rings. The summed E-state index contributed by atoms with van der Waals surface area (Å²) in [4.78, 5) is 15.9. The number of amides is 1. The highest BCUT2D eigenvalue weighted by Gasteiger charge is 2.04. The van der Waals surface area contributed by atoms with Crippen LogP contribution < -0.4 is 5.32 Å². The number of carbonyl (C=O) groups is 1. The summed E-state index contributed by atoms with van der Waals surface area (Å²) in [6, 6.07) is 7.93. The number of aromatic nitrogens is 3. The van der Waals surface area contributed by atoms with Crippen LogP contribution in [0.15, 0.2) is 35.5 Å². The van der Waals surface area contributed by atoms with Gasteiger partial charge in [-0.3, -0.25) is 10.1 Å². The summed E-state index contributed by atoms with van der Waals surface area (Å²) < 4.78 is 0. The molecule has 0 aliphatic carbocycles. The van der Waals surface area contributed by atoms with Crippen molar-refractivity contribution < 1.29 is 4.79 Å². The first-order valence-electron chi connectivity index (χ1n) is 6.28. The topological polar surface area (TPSA) is 70.7 Å². The molecule has 5 nitrogen and oxygen atoms in total. The second kappa shape index (κ2) is 6.91. The molecule has 0 aliphatic heterocycles. The van der Waals surface area contributed by atoms with Gasteiger partial charge in [-0.1, -0.05) is 48.5 Å². The molecule has 1 amide bonds. The summed E-state index contributed by atoms with van der Waals surface area (Å²) in [6.07, 6.45) is 3.23. The smallest absolute Gasteiger partial charge is 0.250 e. The van der Waals surface area contributed by atoms with Crippen molar-refractivity contribution in [2.45, 2.75) is 19.0 Å². The van der Waals surface area contributed by atoms with Crippen molar-refractivity contribution in [2.24, 2.45) is 0 Å². The molecule has 0 saturated heterocycles. The molecule has 104 valence electrons. The zero-order valence-corrected chi connectivity index (χ0v) is 12.2. The first-order valence-corrected chi connectivity index (χ1v) is 7.27. The van der Waals surface area contributed by atoms with Gasteiger partial charge < -0.3 is 0 Å². The molecule has 0 radical (unpaired) electrons. The van der Waals surface area contributed by atoms with Crippen LogP contribution in [-0.4, -0.2) is 26.8 Å². The largest absolute Gasteiger partial charge is 0.291 e. The highest BCUT2D eigenvalue weighted by atomic mass is 32.2. The number of H-pyrrole nitrogens is 1. The third-order valence-electron chi connectivity index (χ3n) is 2.48. The second-order valence-corrected chi connectivity index (χ2v) is 5.36. The number of aryl methyl sites for hydroxylation is 1. The number of nitrogens with one attached hydrogen (secondary N) is 2. The van der Waals surface area contributed by atoms with Crippen LogP contribution in [0.1, 0.15) is 18.1 Å². The van der Waals surface area contributed by atoms with Crippen molar-refractivity contribution >= 4 is 29.7 Å². The van der Waals surface area contributed by atoms with Crippen LogP contribution in [0.5, 0.6) is 0 Å².